The van der Waals surface area contributed by atoms with Crippen LogP contribution < -0.4 is 10.6 Å². The molecule has 3 N–H and O–H groups in total. The molecule has 21 heavy (non-hydrogen) atoms. The molecule has 0 aliphatic carbocycles. The molecule has 3 aromatic rings. The van der Waals surface area contributed by atoms with Crippen molar-refractivity contribution >= 4 is 28.6 Å². The topological polar surface area (TPSA) is 82.7 Å². The fourth-order valence-corrected chi connectivity index (χ4v) is 2.04. The van der Waals surface area contributed by atoms with Gasteiger partial charge in [-0.05, 0) is 30.2 Å². The van der Waals surface area contributed by atoms with Gasteiger partial charge < -0.3 is 10.3 Å². The van der Waals surface area contributed by atoms with Gasteiger partial charge >= 0.3 is 6.03 Å². The summed E-state index contributed by atoms with van der Waals surface area (Å²) in [5, 5.41) is 6.34. The highest BCUT2D eigenvalue weighted by molar-refractivity contribution is 6.04. The summed E-state index contributed by atoms with van der Waals surface area (Å²) in [7, 11) is 0. The summed E-state index contributed by atoms with van der Waals surface area (Å²) in [6.45, 7) is 2.06. The van der Waals surface area contributed by atoms with Crippen LogP contribution >= 0.6 is 0 Å². The second kappa shape index (κ2) is 5.62. The number of aryl methyl sites for hydroxylation is 1. The first-order valence-corrected chi connectivity index (χ1v) is 6.71. The molecule has 0 atom stereocenters. The monoisotopic (exact) mass is 281 g/mol. The highest BCUT2D eigenvalue weighted by Gasteiger charge is 2.08. The van der Waals surface area contributed by atoms with Crippen LogP contribution in [-0.4, -0.2) is 21.0 Å². The summed E-state index contributed by atoms with van der Waals surface area (Å²) in [5.41, 5.74) is 2.54. The molecule has 0 saturated heterocycles. The van der Waals surface area contributed by atoms with Crippen molar-refractivity contribution in [1.29, 1.82) is 0 Å². The minimum Gasteiger partial charge on any atom is -0.344 e. The van der Waals surface area contributed by atoms with Gasteiger partial charge in [-0.3, -0.25) is 5.32 Å². The van der Waals surface area contributed by atoms with E-state index in [4.69, 9.17) is 0 Å². The molecule has 0 radical (unpaired) electrons. The Hall–Kier alpha value is -2.89. The fraction of sp³-hybridized carbons (Fsp3) is 0.133. The second-order valence-corrected chi connectivity index (χ2v) is 4.59. The molecule has 6 heteroatoms. The first-order chi connectivity index (χ1) is 10.3. The van der Waals surface area contributed by atoms with E-state index in [-0.39, 0.29) is 6.03 Å². The largest absolute Gasteiger partial charge is 0.344 e. The first kappa shape index (κ1) is 13.1. The van der Waals surface area contributed by atoms with Gasteiger partial charge in [0.1, 0.15) is 11.5 Å². The molecule has 0 aliphatic rings. The Morgan fingerprint density at radius 3 is 2.90 bits per heavy atom. The maximum Gasteiger partial charge on any atom is 0.324 e. The Bertz CT molecular complexity index is 763. The zero-order chi connectivity index (χ0) is 14.7. The molecule has 0 fully saturated rings. The van der Waals surface area contributed by atoms with E-state index in [0.29, 0.717) is 11.5 Å². The van der Waals surface area contributed by atoms with Gasteiger partial charge in [-0.25, -0.2) is 14.8 Å². The molecular weight excluding hydrogens is 266 g/mol. The summed E-state index contributed by atoms with van der Waals surface area (Å²) >= 11 is 0. The molecule has 0 saturated carbocycles. The van der Waals surface area contributed by atoms with Crippen molar-refractivity contribution < 1.29 is 4.79 Å². The molecule has 6 nitrogen and oxygen atoms in total. The number of pyridine rings is 2. The quantitative estimate of drug-likeness (QED) is 0.689. The molecule has 0 aliphatic heterocycles. The van der Waals surface area contributed by atoms with E-state index in [1.165, 1.54) is 0 Å². The van der Waals surface area contributed by atoms with Crippen molar-refractivity contribution in [2.24, 2.45) is 0 Å². The molecule has 2 amide bonds. The number of carbonyl (C=O) groups is 1. The Kier molecular flexibility index (Phi) is 3.51. The van der Waals surface area contributed by atoms with Gasteiger partial charge in [0.15, 0.2) is 0 Å². The number of anilines is 2. The number of aromatic amines is 1. The van der Waals surface area contributed by atoms with E-state index in [9.17, 15) is 4.79 Å². The summed E-state index contributed by atoms with van der Waals surface area (Å²) in [5.74, 6) is 0.516. The van der Waals surface area contributed by atoms with Crippen LogP contribution in [0.1, 0.15) is 12.5 Å². The van der Waals surface area contributed by atoms with Gasteiger partial charge in [-0.2, -0.15) is 0 Å². The number of urea groups is 1. The number of nitrogens with zero attached hydrogens (tertiary/aromatic N) is 2. The van der Waals surface area contributed by atoms with Crippen LogP contribution in [-0.2, 0) is 6.42 Å². The Morgan fingerprint density at radius 1 is 1.24 bits per heavy atom. The number of H-pyrrole nitrogens is 1. The maximum absolute atomic E-state index is 12.0. The number of rotatable bonds is 3. The minimum atomic E-state index is -0.337. The average molecular weight is 281 g/mol. The molecule has 3 heterocycles. The van der Waals surface area contributed by atoms with Gasteiger partial charge in [-0.1, -0.05) is 13.0 Å². The predicted octanol–water partition coefficient (Wildman–Crippen LogP) is 3.16. The van der Waals surface area contributed by atoms with E-state index < -0.39 is 0 Å². The SMILES string of the molecule is CCc1ccc(NC(=O)Nc2c[nH]c3ncccc23)nc1. The van der Waals surface area contributed by atoms with Crippen LogP contribution in [0, 0.1) is 0 Å². The summed E-state index contributed by atoms with van der Waals surface area (Å²) in [4.78, 5) is 23.3. The molecule has 3 aromatic heterocycles. The van der Waals surface area contributed by atoms with Crippen LogP contribution in [0.25, 0.3) is 11.0 Å². The van der Waals surface area contributed by atoms with Gasteiger partial charge in [-0.15, -0.1) is 0 Å². The third-order valence-electron chi connectivity index (χ3n) is 3.17. The lowest BCUT2D eigenvalue weighted by molar-refractivity contribution is 0.262. The average Bonchev–Trinajstić information content (AvgIpc) is 2.91. The van der Waals surface area contributed by atoms with Crippen molar-refractivity contribution in [2.75, 3.05) is 10.6 Å². The smallest absolute Gasteiger partial charge is 0.324 e. The van der Waals surface area contributed by atoms with E-state index >= 15 is 0 Å². The van der Waals surface area contributed by atoms with Crippen LogP contribution in [0.5, 0.6) is 0 Å². The highest BCUT2D eigenvalue weighted by atomic mass is 16.2. The lowest BCUT2D eigenvalue weighted by Crippen LogP contribution is -2.19. The number of hydrogen-bond donors (Lipinski definition) is 3. The second-order valence-electron chi connectivity index (χ2n) is 4.59. The lowest BCUT2D eigenvalue weighted by atomic mass is 10.2. The van der Waals surface area contributed by atoms with Crippen molar-refractivity contribution in [3.8, 4) is 0 Å². The summed E-state index contributed by atoms with van der Waals surface area (Å²) in [6, 6.07) is 7.11. The predicted molar refractivity (Wildman–Crippen MR) is 82.4 cm³/mol. The number of nitrogens with one attached hydrogen (secondary N) is 3. The summed E-state index contributed by atoms with van der Waals surface area (Å²) < 4.78 is 0. The fourth-order valence-electron chi connectivity index (χ4n) is 2.04. The molecule has 0 aromatic carbocycles. The van der Waals surface area contributed by atoms with Crippen LogP contribution in [0.3, 0.4) is 0 Å². The van der Waals surface area contributed by atoms with Gasteiger partial charge in [0, 0.05) is 24.0 Å². The van der Waals surface area contributed by atoms with E-state index in [0.717, 1.165) is 23.0 Å². The van der Waals surface area contributed by atoms with Gasteiger partial charge in [0.25, 0.3) is 0 Å². The van der Waals surface area contributed by atoms with E-state index in [2.05, 4.69) is 32.5 Å². The van der Waals surface area contributed by atoms with Crippen molar-refractivity contribution in [3.05, 3.63) is 48.4 Å². The molecule has 0 bridgehead atoms. The molecule has 3 rings (SSSR count). The molecule has 0 spiro atoms. The van der Waals surface area contributed by atoms with Gasteiger partial charge in [0.2, 0.25) is 0 Å². The van der Waals surface area contributed by atoms with Crippen LogP contribution in [0.15, 0.2) is 42.9 Å². The standard InChI is InChI=1S/C15H15N5O/c1-2-10-5-6-13(17-8-10)20-15(21)19-12-9-18-14-11(12)4-3-7-16-14/h3-9H,2H2,1H3,(H,16,18)(H2,17,19,20,21). The Labute approximate surface area is 121 Å². The Balaban J connectivity index is 1.71. The number of aromatic nitrogens is 3. The van der Waals surface area contributed by atoms with E-state index in [1.807, 2.05) is 18.2 Å². The Morgan fingerprint density at radius 2 is 2.14 bits per heavy atom. The minimum absolute atomic E-state index is 0.337. The normalized spacial score (nSPS) is 10.5. The molecule has 106 valence electrons. The first-order valence-electron chi connectivity index (χ1n) is 6.71. The molecule has 0 unspecified atom stereocenters. The lowest BCUT2D eigenvalue weighted by Gasteiger charge is -2.06. The maximum atomic E-state index is 12.0. The highest BCUT2D eigenvalue weighted by Crippen LogP contribution is 2.20. The van der Waals surface area contributed by atoms with Crippen molar-refractivity contribution in [3.63, 3.8) is 0 Å². The third-order valence-corrected chi connectivity index (χ3v) is 3.17. The number of fused-ring (bicyclic) bond motifs is 1. The third kappa shape index (κ3) is 2.84. The van der Waals surface area contributed by atoms with Crippen molar-refractivity contribution in [1.82, 2.24) is 15.0 Å². The number of hydrogen-bond acceptors (Lipinski definition) is 3. The van der Waals surface area contributed by atoms with Crippen LogP contribution in [0.4, 0.5) is 16.3 Å². The number of carbonyl (C=O) groups excluding carboxylic acids is 1. The summed E-state index contributed by atoms with van der Waals surface area (Å²) in [6.07, 6.45) is 6.08. The molecular formula is C15H15N5O. The van der Waals surface area contributed by atoms with E-state index in [1.54, 1.807) is 24.7 Å². The zero-order valence-corrected chi connectivity index (χ0v) is 11.6. The number of amides is 2. The zero-order valence-electron chi connectivity index (χ0n) is 11.6. The van der Waals surface area contributed by atoms with Crippen molar-refractivity contribution in [2.45, 2.75) is 13.3 Å². The van der Waals surface area contributed by atoms with Crippen LogP contribution in [0.2, 0.25) is 0 Å². The van der Waals surface area contributed by atoms with Gasteiger partial charge in [0.05, 0.1) is 5.69 Å².